The fraction of sp³-hybridized carbons (Fsp3) is 0.138. The largest absolute Gasteiger partial charge is 0.457 e. The van der Waals surface area contributed by atoms with Crippen molar-refractivity contribution in [3.8, 4) is 11.5 Å². The van der Waals surface area contributed by atoms with E-state index >= 15 is 0 Å². The highest BCUT2D eigenvalue weighted by molar-refractivity contribution is 6.09. The molecule has 0 saturated heterocycles. The van der Waals surface area contributed by atoms with Crippen LogP contribution < -0.4 is 9.47 Å². The van der Waals surface area contributed by atoms with E-state index in [9.17, 15) is 4.79 Å². The maximum absolute atomic E-state index is 12.7. The van der Waals surface area contributed by atoms with Crippen molar-refractivity contribution >= 4 is 5.78 Å². The number of hydrogen-bond donors (Lipinski definition) is 0. The number of ketones is 1. The highest BCUT2D eigenvalue weighted by atomic mass is 16.5. The van der Waals surface area contributed by atoms with Crippen LogP contribution >= 0.6 is 0 Å². The van der Waals surface area contributed by atoms with Crippen molar-refractivity contribution in [2.75, 3.05) is 0 Å². The number of hydrogen-bond acceptors (Lipinski definition) is 3. The Morgan fingerprint density at radius 3 is 1.19 bits per heavy atom. The molecule has 2 rings (SSSR count). The standard InChI is InChI=1S/C25H22O3.2C2H6/c1-5-9-21(7-3)27-23-15-11-19(12-16-23)25(26)20-13-17-24(18-14-20)28-22(8-4)10-6-2;2*1-2/h5-18H,1-4H2;2*1-2H3/b21-9+,22-10+;;. The van der Waals surface area contributed by atoms with E-state index in [-0.39, 0.29) is 5.78 Å². The minimum absolute atomic E-state index is 0.0887. The van der Waals surface area contributed by atoms with Gasteiger partial charge < -0.3 is 9.47 Å². The van der Waals surface area contributed by atoms with Crippen LogP contribution in [0, 0.1) is 0 Å². The van der Waals surface area contributed by atoms with E-state index in [2.05, 4.69) is 26.3 Å². The maximum atomic E-state index is 12.7. The van der Waals surface area contributed by atoms with Crippen molar-refractivity contribution in [1.82, 2.24) is 0 Å². The van der Waals surface area contributed by atoms with Gasteiger partial charge in [0.2, 0.25) is 0 Å². The van der Waals surface area contributed by atoms with Gasteiger partial charge in [-0.15, -0.1) is 0 Å². The van der Waals surface area contributed by atoms with Gasteiger partial charge in [0.1, 0.15) is 23.0 Å². The van der Waals surface area contributed by atoms with Gasteiger partial charge in [-0.2, -0.15) is 0 Å². The van der Waals surface area contributed by atoms with Crippen molar-refractivity contribution in [3.63, 3.8) is 0 Å². The molecule has 0 aromatic heterocycles. The highest BCUT2D eigenvalue weighted by Crippen LogP contribution is 2.20. The Morgan fingerprint density at radius 1 is 0.625 bits per heavy atom. The van der Waals surface area contributed by atoms with Crippen molar-refractivity contribution in [3.05, 3.63) is 134 Å². The molecule has 0 amide bonds. The summed E-state index contributed by atoms with van der Waals surface area (Å²) in [5.74, 6) is 2.29. The molecule has 0 radical (unpaired) electrons. The number of carbonyl (C=O) groups is 1. The number of ether oxygens (including phenoxy) is 2. The zero-order valence-electron chi connectivity index (χ0n) is 19.6. The molecule has 0 aliphatic rings. The summed E-state index contributed by atoms with van der Waals surface area (Å²) in [4.78, 5) is 12.7. The predicted octanol–water partition coefficient (Wildman–Crippen LogP) is 8.24. The number of allylic oxidation sites excluding steroid dienone is 6. The van der Waals surface area contributed by atoms with Gasteiger partial charge in [0, 0.05) is 11.1 Å². The molecular weight excluding hydrogens is 396 g/mol. The maximum Gasteiger partial charge on any atom is 0.193 e. The number of rotatable bonds is 10. The van der Waals surface area contributed by atoms with Gasteiger partial charge in [-0.25, -0.2) is 0 Å². The Kier molecular flexibility index (Phi) is 14.9. The van der Waals surface area contributed by atoms with Crippen LogP contribution in [-0.4, -0.2) is 5.78 Å². The van der Waals surface area contributed by atoms with Crippen LogP contribution in [-0.2, 0) is 0 Å². The third-order valence-corrected chi connectivity index (χ3v) is 3.67. The molecule has 0 aliphatic carbocycles. The normalized spacial score (nSPS) is 10.2. The lowest BCUT2D eigenvalue weighted by Crippen LogP contribution is -2.01. The molecule has 0 atom stereocenters. The topological polar surface area (TPSA) is 35.5 Å². The Labute approximate surface area is 193 Å². The lowest BCUT2D eigenvalue weighted by molar-refractivity contribution is 0.103. The Balaban J connectivity index is 0.00000227. The zero-order valence-corrected chi connectivity index (χ0v) is 19.6. The summed E-state index contributed by atoms with van der Waals surface area (Å²) in [6.07, 6.45) is 9.83. The molecule has 0 N–H and O–H groups in total. The Hall–Kier alpha value is -3.85. The fourth-order valence-corrected chi connectivity index (χ4v) is 2.31. The summed E-state index contributed by atoms with van der Waals surface area (Å²) in [7, 11) is 0. The van der Waals surface area contributed by atoms with Gasteiger partial charge in [-0.1, -0.05) is 66.2 Å². The molecule has 0 unspecified atom stereocenters. The summed E-state index contributed by atoms with van der Waals surface area (Å²) in [6.45, 7) is 22.6. The zero-order chi connectivity index (χ0) is 24.4. The Morgan fingerprint density at radius 2 is 0.938 bits per heavy atom. The first-order valence-electron chi connectivity index (χ1n) is 10.6. The second-order valence-corrected chi connectivity index (χ2v) is 5.60. The van der Waals surface area contributed by atoms with Gasteiger partial charge in [-0.05, 0) is 72.8 Å². The van der Waals surface area contributed by atoms with Crippen molar-refractivity contribution in [2.24, 2.45) is 0 Å². The first-order valence-corrected chi connectivity index (χ1v) is 10.6. The quantitative estimate of drug-likeness (QED) is 0.216. The van der Waals surface area contributed by atoms with E-state index in [1.807, 2.05) is 27.7 Å². The lowest BCUT2D eigenvalue weighted by atomic mass is 10.0. The molecule has 0 fully saturated rings. The molecule has 0 aliphatic heterocycles. The molecule has 3 nitrogen and oxygen atoms in total. The van der Waals surface area contributed by atoms with Crippen molar-refractivity contribution in [1.29, 1.82) is 0 Å². The van der Waals surface area contributed by atoms with Crippen LogP contribution in [0.3, 0.4) is 0 Å². The van der Waals surface area contributed by atoms with E-state index in [1.165, 1.54) is 0 Å². The second-order valence-electron chi connectivity index (χ2n) is 5.60. The van der Waals surface area contributed by atoms with Gasteiger partial charge in [0.25, 0.3) is 0 Å². The third kappa shape index (κ3) is 9.31. The second kappa shape index (κ2) is 16.9. The molecule has 168 valence electrons. The minimum Gasteiger partial charge on any atom is -0.457 e. The third-order valence-electron chi connectivity index (χ3n) is 3.67. The van der Waals surface area contributed by atoms with E-state index in [0.29, 0.717) is 34.1 Å². The van der Waals surface area contributed by atoms with Gasteiger partial charge in [0.15, 0.2) is 5.78 Å². The van der Waals surface area contributed by atoms with E-state index in [0.717, 1.165) is 0 Å². The monoisotopic (exact) mass is 430 g/mol. The summed E-state index contributed by atoms with van der Waals surface area (Å²) in [5.41, 5.74) is 1.12. The van der Waals surface area contributed by atoms with Crippen LogP contribution in [0.1, 0.15) is 43.6 Å². The van der Waals surface area contributed by atoms with Gasteiger partial charge in [0.05, 0.1) is 0 Å². The predicted molar refractivity (Wildman–Crippen MR) is 137 cm³/mol. The molecule has 0 heterocycles. The van der Waals surface area contributed by atoms with E-state index in [1.54, 1.807) is 85.0 Å². The summed E-state index contributed by atoms with van der Waals surface area (Å²) in [6, 6.07) is 13.8. The molecule has 0 spiro atoms. The summed E-state index contributed by atoms with van der Waals surface area (Å²) < 4.78 is 11.3. The van der Waals surface area contributed by atoms with Gasteiger partial charge in [-0.3, -0.25) is 4.79 Å². The summed E-state index contributed by atoms with van der Waals surface area (Å²) in [5, 5.41) is 0. The van der Waals surface area contributed by atoms with Crippen molar-refractivity contribution < 1.29 is 14.3 Å². The molecule has 3 heteroatoms. The molecular formula is C29H34O3. The van der Waals surface area contributed by atoms with Gasteiger partial charge >= 0.3 is 0 Å². The SMILES string of the molecule is C=C/C=C(\C=C)Oc1ccc(C(=O)c2ccc(O/C(C=C)=C/C=C)cc2)cc1.CC.CC. The van der Waals surface area contributed by atoms with E-state index < -0.39 is 0 Å². The molecule has 32 heavy (non-hydrogen) atoms. The van der Waals surface area contributed by atoms with E-state index in [4.69, 9.17) is 9.47 Å². The first-order chi connectivity index (χ1) is 15.6. The fourth-order valence-electron chi connectivity index (χ4n) is 2.31. The van der Waals surface area contributed by atoms with Crippen molar-refractivity contribution in [2.45, 2.75) is 27.7 Å². The average Bonchev–Trinajstić information content (AvgIpc) is 2.86. The lowest BCUT2D eigenvalue weighted by Gasteiger charge is -2.08. The van der Waals surface area contributed by atoms with Crippen LogP contribution in [0.4, 0.5) is 0 Å². The van der Waals surface area contributed by atoms with Crippen LogP contribution in [0.5, 0.6) is 11.5 Å². The molecule has 0 bridgehead atoms. The number of benzene rings is 2. The average molecular weight is 431 g/mol. The minimum atomic E-state index is -0.0887. The first kappa shape index (κ1) is 28.2. The van der Waals surface area contributed by atoms with Crippen LogP contribution in [0.2, 0.25) is 0 Å². The number of carbonyl (C=O) groups excluding carboxylic acids is 1. The molecule has 2 aromatic rings. The van der Waals surface area contributed by atoms with Crippen LogP contribution in [0.25, 0.3) is 0 Å². The molecule has 2 aromatic carbocycles. The Bertz CT molecular complexity index is 850. The smallest absolute Gasteiger partial charge is 0.193 e. The summed E-state index contributed by atoms with van der Waals surface area (Å²) >= 11 is 0. The molecule has 0 saturated carbocycles. The highest BCUT2D eigenvalue weighted by Gasteiger charge is 2.10. The van der Waals surface area contributed by atoms with Crippen LogP contribution in [0.15, 0.2) is 123 Å².